The molecule has 1 aliphatic rings. The van der Waals surface area contributed by atoms with Crippen molar-refractivity contribution in [2.24, 2.45) is 5.14 Å². The van der Waals surface area contributed by atoms with Gasteiger partial charge in [0, 0.05) is 13.0 Å². The number of primary sulfonamides is 1. The first-order valence-electron chi connectivity index (χ1n) is 6.03. The minimum atomic E-state index is -3.91. The van der Waals surface area contributed by atoms with E-state index in [2.05, 4.69) is 0 Å². The van der Waals surface area contributed by atoms with Crippen molar-refractivity contribution in [1.29, 1.82) is 0 Å². The first-order chi connectivity index (χ1) is 9.70. The van der Waals surface area contributed by atoms with Crippen LogP contribution >= 0.6 is 0 Å². The molecule has 0 aromatic heterocycles. The van der Waals surface area contributed by atoms with Crippen molar-refractivity contribution in [3.63, 3.8) is 0 Å². The van der Waals surface area contributed by atoms with E-state index in [1.54, 1.807) is 0 Å². The number of nitrogens with zero attached hydrogens (tertiary/aromatic N) is 1. The number of aromatic hydroxyl groups is 1. The van der Waals surface area contributed by atoms with Crippen LogP contribution in [0.5, 0.6) is 5.75 Å². The fourth-order valence-corrected chi connectivity index (χ4v) is 3.02. The molecular weight excluding hydrogens is 300 g/mol. The SMILES string of the molecule is NS(=O)(=O)C1CC(=O)N([C@@H](C(=O)O)c2ccc(O)cc2)C1. The number of hydrogen-bond acceptors (Lipinski definition) is 5. The summed E-state index contributed by atoms with van der Waals surface area (Å²) in [6.07, 6.45) is -0.333. The molecule has 0 aliphatic carbocycles. The summed E-state index contributed by atoms with van der Waals surface area (Å²) in [5.41, 5.74) is 0.267. The number of aliphatic carboxylic acids is 1. The van der Waals surface area contributed by atoms with E-state index in [1.165, 1.54) is 24.3 Å². The van der Waals surface area contributed by atoms with Gasteiger partial charge in [0.05, 0.1) is 0 Å². The predicted octanol–water partition coefficient (Wildman–Crippen LogP) is -0.593. The molecule has 1 saturated heterocycles. The van der Waals surface area contributed by atoms with Gasteiger partial charge in [-0.05, 0) is 17.7 Å². The van der Waals surface area contributed by atoms with Crippen molar-refractivity contribution in [2.75, 3.05) is 6.54 Å². The van der Waals surface area contributed by atoms with Crippen molar-refractivity contribution >= 4 is 21.9 Å². The summed E-state index contributed by atoms with van der Waals surface area (Å²) in [6.45, 7) is -0.268. The van der Waals surface area contributed by atoms with Crippen molar-refractivity contribution in [3.8, 4) is 5.75 Å². The molecule has 8 nitrogen and oxygen atoms in total. The molecule has 1 amide bonds. The number of carbonyl (C=O) groups is 2. The smallest absolute Gasteiger partial charge is 0.331 e. The van der Waals surface area contributed by atoms with E-state index in [0.717, 1.165) is 4.90 Å². The van der Waals surface area contributed by atoms with Gasteiger partial charge >= 0.3 is 5.97 Å². The Hall–Kier alpha value is -2.13. The molecule has 0 radical (unpaired) electrons. The standard InChI is InChI=1S/C12H14N2O6S/c13-21(19,20)9-5-10(16)14(6-9)11(12(17)18)7-1-3-8(15)4-2-7/h1-4,9,11,15H,5-6H2,(H,17,18)(H2,13,19,20)/t9?,11-/m1/s1. The predicted molar refractivity (Wildman–Crippen MR) is 71.7 cm³/mol. The van der Waals surface area contributed by atoms with E-state index in [9.17, 15) is 28.2 Å². The van der Waals surface area contributed by atoms with E-state index >= 15 is 0 Å². The summed E-state index contributed by atoms with van der Waals surface area (Å²) >= 11 is 0. The van der Waals surface area contributed by atoms with Gasteiger partial charge in [0.25, 0.3) is 0 Å². The minimum absolute atomic E-state index is 0.0435. The van der Waals surface area contributed by atoms with Crippen LogP contribution in [0.4, 0.5) is 0 Å². The van der Waals surface area contributed by atoms with Crippen LogP contribution in [0.25, 0.3) is 0 Å². The lowest BCUT2D eigenvalue weighted by Gasteiger charge is -2.24. The van der Waals surface area contributed by atoms with Crippen LogP contribution in [-0.2, 0) is 19.6 Å². The molecule has 1 fully saturated rings. The second kappa shape index (κ2) is 5.34. The third-order valence-electron chi connectivity index (χ3n) is 3.34. The maximum Gasteiger partial charge on any atom is 0.331 e. The Kier molecular flexibility index (Phi) is 3.88. The molecule has 0 saturated carbocycles. The normalized spacial score (nSPS) is 20.5. The lowest BCUT2D eigenvalue weighted by molar-refractivity contribution is -0.148. The number of carbonyl (C=O) groups excluding carboxylic acids is 1. The van der Waals surface area contributed by atoms with E-state index < -0.39 is 33.2 Å². The van der Waals surface area contributed by atoms with Crippen LogP contribution in [0, 0.1) is 0 Å². The zero-order valence-electron chi connectivity index (χ0n) is 10.8. The highest BCUT2D eigenvalue weighted by Crippen LogP contribution is 2.29. The van der Waals surface area contributed by atoms with Gasteiger partial charge < -0.3 is 15.1 Å². The Balaban J connectivity index is 2.34. The summed E-state index contributed by atoms with van der Waals surface area (Å²) < 4.78 is 22.6. The number of likely N-dealkylation sites (tertiary alicyclic amines) is 1. The summed E-state index contributed by atoms with van der Waals surface area (Å²) in [4.78, 5) is 24.3. The number of rotatable bonds is 4. The van der Waals surface area contributed by atoms with Gasteiger partial charge in [-0.2, -0.15) is 0 Å². The van der Waals surface area contributed by atoms with Gasteiger partial charge in [-0.3, -0.25) is 4.79 Å². The highest BCUT2D eigenvalue weighted by atomic mass is 32.2. The summed E-state index contributed by atoms with van der Waals surface area (Å²) in [6, 6.07) is 4.01. The summed E-state index contributed by atoms with van der Waals surface area (Å²) in [7, 11) is -3.91. The van der Waals surface area contributed by atoms with Crippen LogP contribution in [0.1, 0.15) is 18.0 Å². The third-order valence-corrected chi connectivity index (χ3v) is 4.59. The van der Waals surface area contributed by atoms with Gasteiger partial charge in [0.15, 0.2) is 6.04 Å². The van der Waals surface area contributed by atoms with E-state index in [4.69, 9.17) is 5.14 Å². The van der Waals surface area contributed by atoms with Crippen LogP contribution < -0.4 is 5.14 Å². The highest BCUT2D eigenvalue weighted by Gasteiger charge is 2.42. The fourth-order valence-electron chi connectivity index (χ4n) is 2.28. The molecule has 1 aliphatic heterocycles. The van der Waals surface area contributed by atoms with Gasteiger partial charge in [0.2, 0.25) is 15.9 Å². The first-order valence-corrected chi connectivity index (χ1v) is 7.64. The van der Waals surface area contributed by atoms with Crippen LogP contribution in [0.2, 0.25) is 0 Å². The molecule has 4 N–H and O–H groups in total. The number of carboxylic acids is 1. The third kappa shape index (κ3) is 3.14. The zero-order chi connectivity index (χ0) is 15.8. The van der Waals surface area contributed by atoms with Gasteiger partial charge in [-0.1, -0.05) is 12.1 Å². The number of sulfonamides is 1. The largest absolute Gasteiger partial charge is 0.508 e. The average molecular weight is 314 g/mol. The van der Waals surface area contributed by atoms with Crippen LogP contribution in [-0.4, -0.2) is 47.2 Å². The number of phenols is 1. The number of nitrogens with two attached hydrogens (primary N) is 1. The first kappa shape index (κ1) is 15.3. The maximum atomic E-state index is 11.9. The topological polar surface area (TPSA) is 138 Å². The lowest BCUT2D eigenvalue weighted by atomic mass is 10.1. The van der Waals surface area contributed by atoms with E-state index in [0.29, 0.717) is 0 Å². The Morgan fingerprint density at radius 1 is 1.33 bits per heavy atom. The number of hydrogen-bond donors (Lipinski definition) is 3. The number of carboxylic acid groups (broad SMARTS) is 1. The molecule has 0 spiro atoms. The number of phenolic OH excluding ortho intramolecular Hbond substituents is 1. The summed E-state index contributed by atoms with van der Waals surface area (Å²) in [5, 5.41) is 22.5. The Morgan fingerprint density at radius 2 is 1.90 bits per heavy atom. The van der Waals surface area contributed by atoms with E-state index in [1.807, 2.05) is 0 Å². The molecule has 114 valence electrons. The quantitative estimate of drug-likeness (QED) is 0.679. The van der Waals surface area contributed by atoms with Crippen molar-refractivity contribution in [1.82, 2.24) is 4.90 Å². The molecular formula is C12H14N2O6S. The lowest BCUT2D eigenvalue weighted by Crippen LogP contribution is -2.37. The summed E-state index contributed by atoms with van der Waals surface area (Å²) in [5.74, 6) is -1.92. The molecule has 1 aromatic carbocycles. The second-order valence-electron chi connectivity index (χ2n) is 4.79. The molecule has 0 bridgehead atoms. The molecule has 2 rings (SSSR count). The minimum Gasteiger partial charge on any atom is -0.508 e. The van der Waals surface area contributed by atoms with Gasteiger partial charge in [-0.25, -0.2) is 18.4 Å². The number of amides is 1. The average Bonchev–Trinajstić information content (AvgIpc) is 2.74. The maximum absolute atomic E-state index is 11.9. The fraction of sp³-hybridized carbons (Fsp3) is 0.333. The molecule has 1 heterocycles. The zero-order valence-corrected chi connectivity index (χ0v) is 11.7. The Morgan fingerprint density at radius 3 is 2.33 bits per heavy atom. The van der Waals surface area contributed by atoms with Crippen LogP contribution in [0.15, 0.2) is 24.3 Å². The van der Waals surface area contributed by atoms with Gasteiger partial charge in [-0.15, -0.1) is 0 Å². The van der Waals surface area contributed by atoms with E-state index in [-0.39, 0.29) is 24.3 Å². The second-order valence-corrected chi connectivity index (χ2v) is 6.64. The molecule has 9 heteroatoms. The molecule has 21 heavy (non-hydrogen) atoms. The Labute approximate surface area is 120 Å². The molecule has 1 unspecified atom stereocenters. The van der Waals surface area contributed by atoms with Crippen molar-refractivity contribution < 1.29 is 28.2 Å². The van der Waals surface area contributed by atoms with Crippen molar-refractivity contribution in [2.45, 2.75) is 17.7 Å². The molecule has 1 aromatic rings. The highest BCUT2D eigenvalue weighted by molar-refractivity contribution is 7.89. The Bertz CT molecular complexity index is 669. The monoisotopic (exact) mass is 314 g/mol. The molecule has 2 atom stereocenters. The number of benzene rings is 1. The van der Waals surface area contributed by atoms with Gasteiger partial charge in [0.1, 0.15) is 11.0 Å². The van der Waals surface area contributed by atoms with Crippen molar-refractivity contribution in [3.05, 3.63) is 29.8 Å². The van der Waals surface area contributed by atoms with Crippen LogP contribution in [0.3, 0.4) is 0 Å².